The Hall–Kier alpha value is -2.90. The van der Waals surface area contributed by atoms with E-state index in [1.54, 1.807) is 25.2 Å². The van der Waals surface area contributed by atoms with Gasteiger partial charge in [-0.05, 0) is 37.5 Å². The number of carbonyl (C=O) groups is 2. The van der Waals surface area contributed by atoms with Crippen molar-refractivity contribution in [2.45, 2.75) is 31.7 Å². The van der Waals surface area contributed by atoms with Crippen LogP contribution in [0.4, 0.5) is 5.69 Å². The lowest BCUT2D eigenvalue weighted by Gasteiger charge is -2.37. The molecule has 0 saturated carbocycles. The van der Waals surface area contributed by atoms with Crippen molar-refractivity contribution in [1.29, 1.82) is 0 Å². The lowest BCUT2D eigenvalue weighted by Crippen LogP contribution is -2.45. The number of aromatic nitrogens is 3. The molecule has 1 aromatic carbocycles. The van der Waals surface area contributed by atoms with Crippen LogP contribution >= 0.6 is 0 Å². The standard InChI is InChI=1S/C18H21N5O3/c1-22-11-15(20-21-22)17(24)19-12-5-6-16-14(10-12)18(25)23-8-3-2-4-13(23)7-9-26-16/h5-6,10-11,13H,2-4,7-9H2,1H3,(H,19,24)/t13-/m1/s1. The number of piperidine rings is 1. The van der Waals surface area contributed by atoms with Gasteiger partial charge in [-0.2, -0.15) is 0 Å². The Balaban J connectivity index is 1.60. The van der Waals surface area contributed by atoms with Crippen LogP contribution in [0.25, 0.3) is 0 Å². The molecule has 0 spiro atoms. The third kappa shape index (κ3) is 3.14. The number of anilines is 1. The normalized spacial score (nSPS) is 19.7. The average Bonchev–Trinajstić information content (AvgIpc) is 3.08. The zero-order valence-electron chi connectivity index (χ0n) is 14.6. The highest BCUT2D eigenvalue weighted by Crippen LogP contribution is 2.30. The second-order valence-electron chi connectivity index (χ2n) is 6.73. The van der Waals surface area contributed by atoms with E-state index in [1.807, 2.05) is 4.90 Å². The number of rotatable bonds is 2. The summed E-state index contributed by atoms with van der Waals surface area (Å²) in [6.07, 6.45) is 5.59. The summed E-state index contributed by atoms with van der Waals surface area (Å²) in [5, 5.41) is 10.3. The first kappa shape index (κ1) is 16.6. The summed E-state index contributed by atoms with van der Waals surface area (Å²) in [7, 11) is 1.69. The molecule has 0 radical (unpaired) electrons. The predicted octanol–water partition coefficient (Wildman–Crippen LogP) is 1.84. The molecule has 0 aliphatic carbocycles. The first-order valence-corrected chi connectivity index (χ1v) is 8.87. The number of hydrogen-bond acceptors (Lipinski definition) is 5. The molecule has 136 valence electrons. The van der Waals surface area contributed by atoms with Gasteiger partial charge in [-0.15, -0.1) is 5.10 Å². The zero-order chi connectivity index (χ0) is 18.1. The summed E-state index contributed by atoms with van der Waals surface area (Å²) in [4.78, 5) is 27.3. The lowest BCUT2D eigenvalue weighted by molar-refractivity contribution is 0.0548. The third-order valence-electron chi connectivity index (χ3n) is 4.90. The minimum Gasteiger partial charge on any atom is -0.493 e. The van der Waals surface area contributed by atoms with E-state index in [1.165, 1.54) is 10.9 Å². The van der Waals surface area contributed by atoms with E-state index < -0.39 is 0 Å². The lowest BCUT2D eigenvalue weighted by atomic mass is 9.97. The molecule has 1 atom stereocenters. The Morgan fingerprint density at radius 3 is 3.00 bits per heavy atom. The van der Waals surface area contributed by atoms with Crippen LogP contribution in [0.5, 0.6) is 5.75 Å². The van der Waals surface area contributed by atoms with Gasteiger partial charge in [0, 0.05) is 31.7 Å². The molecule has 2 amide bonds. The van der Waals surface area contributed by atoms with Gasteiger partial charge in [0.1, 0.15) is 5.75 Å². The van der Waals surface area contributed by atoms with Crippen LogP contribution < -0.4 is 10.1 Å². The molecule has 26 heavy (non-hydrogen) atoms. The predicted molar refractivity (Wildman–Crippen MR) is 94.2 cm³/mol. The summed E-state index contributed by atoms with van der Waals surface area (Å²) >= 11 is 0. The number of nitrogens with one attached hydrogen (secondary N) is 1. The van der Waals surface area contributed by atoms with Gasteiger partial charge >= 0.3 is 0 Å². The Morgan fingerprint density at radius 1 is 1.31 bits per heavy atom. The van der Waals surface area contributed by atoms with Crippen molar-refractivity contribution in [3.63, 3.8) is 0 Å². The Labute approximate surface area is 151 Å². The van der Waals surface area contributed by atoms with Crippen molar-refractivity contribution in [3.05, 3.63) is 35.7 Å². The molecule has 0 bridgehead atoms. The van der Waals surface area contributed by atoms with E-state index in [4.69, 9.17) is 4.74 Å². The maximum atomic E-state index is 13.0. The van der Waals surface area contributed by atoms with Crippen LogP contribution in [-0.2, 0) is 7.05 Å². The second-order valence-corrected chi connectivity index (χ2v) is 6.73. The van der Waals surface area contributed by atoms with Crippen LogP contribution in [0.1, 0.15) is 46.5 Å². The van der Waals surface area contributed by atoms with Crippen molar-refractivity contribution in [1.82, 2.24) is 19.9 Å². The van der Waals surface area contributed by atoms with Crippen LogP contribution in [0.2, 0.25) is 0 Å². The van der Waals surface area contributed by atoms with E-state index in [9.17, 15) is 9.59 Å². The number of benzene rings is 1. The van der Waals surface area contributed by atoms with Gasteiger partial charge in [-0.3, -0.25) is 14.3 Å². The summed E-state index contributed by atoms with van der Waals surface area (Å²) < 4.78 is 7.27. The number of nitrogens with zero attached hydrogens (tertiary/aromatic N) is 4. The number of ether oxygens (including phenoxy) is 1. The minimum atomic E-state index is -0.367. The topological polar surface area (TPSA) is 89.4 Å². The van der Waals surface area contributed by atoms with Gasteiger partial charge in [-0.1, -0.05) is 5.21 Å². The van der Waals surface area contributed by atoms with Gasteiger partial charge in [0.05, 0.1) is 18.4 Å². The minimum absolute atomic E-state index is 0.0278. The molecule has 2 aliphatic heterocycles. The van der Waals surface area contributed by atoms with Gasteiger partial charge in [-0.25, -0.2) is 0 Å². The molecular formula is C18H21N5O3. The van der Waals surface area contributed by atoms with Crippen molar-refractivity contribution in [2.75, 3.05) is 18.5 Å². The molecule has 8 heteroatoms. The Bertz CT molecular complexity index is 847. The van der Waals surface area contributed by atoms with Crippen LogP contribution in [0.15, 0.2) is 24.4 Å². The fourth-order valence-corrected chi connectivity index (χ4v) is 3.57. The van der Waals surface area contributed by atoms with E-state index in [-0.39, 0.29) is 23.6 Å². The number of carbonyl (C=O) groups excluding carboxylic acids is 2. The molecule has 3 heterocycles. The molecule has 2 aromatic rings. The van der Waals surface area contributed by atoms with E-state index in [0.717, 1.165) is 32.2 Å². The largest absolute Gasteiger partial charge is 0.493 e. The number of amides is 2. The third-order valence-corrected chi connectivity index (χ3v) is 4.90. The fraction of sp³-hybridized carbons (Fsp3) is 0.444. The molecule has 0 unspecified atom stereocenters. The Morgan fingerprint density at radius 2 is 2.19 bits per heavy atom. The summed E-state index contributed by atoms with van der Waals surface area (Å²) in [6, 6.07) is 5.39. The highest BCUT2D eigenvalue weighted by Gasteiger charge is 2.31. The van der Waals surface area contributed by atoms with Crippen molar-refractivity contribution in [2.24, 2.45) is 7.05 Å². The van der Waals surface area contributed by atoms with Gasteiger partial charge in [0.2, 0.25) is 0 Å². The van der Waals surface area contributed by atoms with E-state index >= 15 is 0 Å². The molecule has 1 saturated heterocycles. The Kier molecular flexibility index (Phi) is 4.32. The highest BCUT2D eigenvalue weighted by molar-refractivity contribution is 6.04. The summed E-state index contributed by atoms with van der Waals surface area (Å²) in [6.45, 7) is 1.37. The molecular weight excluding hydrogens is 334 g/mol. The van der Waals surface area contributed by atoms with Crippen LogP contribution in [-0.4, -0.2) is 50.9 Å². The van der Waals surface area contributed by atoms with E-state index in [2.05, 4.69) is 15.6 Å². The second kappa shape index (κ2) is 6.78. The molecule has 4 rings (SSSR count). The SMILES string of the molecule is Cn1cc(C(=O)Nc2ccc3c(c2)C(=O)N2CCCC[C@@H]2CCO3)nn1. The first-order chi connectivity index (χ1) is 12.6. The van der Waals surface area contributed by atoms with Crippen molar-refractivity contribution < 1.29 is 14.3 Å². The fourth-order valence-electron chi connectivity index (χ4n) is 3.57. The van der Waals surface area contributed by atoms with Crippen LogP contribution in [0, 0.1) is 0 Å². The van der Waals surface area contributed by atoms with E-state index in [0.29, 0.717) is 23.6 Å². The number of fused-ring (bicyclic) bond motifs is 2. The van der Waals surface area contributed by atoms with Gasteiger partial charge < -0.3 is 15.0 Å². The van der Waals surface area contributed by atoms with Crippen molar-refractivity contribution in [3.8, 4) is 5.75 Å². The molecule has 1 fully saturated rings. The summed E-state index contributed by atoms with van der Waals surface area (Å²) in [5.41, 5.74) is 1.25. The van der Waals surface area contributed by atoms with Crippen molar-refractivity contribution >= 4 is 17.5 Å². The van der Waals surface area contributed by atoms with Gasteiger partial charge in [0.25, 0.3) is 11.8 Å². The smallest absolute Gasteiger partial charge is 0.277 e. The molecule has 8 nitrogen and oxygen atoms in total. The number of hydrogen-bond donors (Lipinski definition) is 1. The summed E-state index contributed by atoms with van der Waals surface area (Å²) in [5.74, 6) is 0.171. The molecule has 2 aliphatic rings. The maximum Gasteiger partial charge on any atom is 0.277 e. The number of aryl methyl sites for hydroxylation is 1. The molecule has 1 N–H and O–H groups in total. The average molecular weight is 355 g/mol. The maximum absolute atomic E-state index is 13.0. The highest BCUT2D eigenvalue weighted by atomic mass is 16.5. The van der Waals surface area contributed by atoms with Gasteiger partial charge in [0.15, 0.2) is 5.69 Å². The monoisotopic (exact) mass is 355 g/mol. The first-order valence-electron chi connectivity index (χ1n) is 8.87. The quantitative estimate of drug-likeness (QED) is 0.888. The zero-order valence-corrected chi connectivity index (χ0v) is 14.6. The molecule has 1 aromatic heterocycles. The van der Waals surface area contributed by atoms with Crippen LogP contribution in [0.3, 0.4) is 0 Å².